The van der Waals surface area contributed by atoms with Crippen LogP contribution in [-0.4, -0.2) is 51.5 Å². The molecule has 0 saturated carbocycles. The molecule has 0 spiro atoms. The number of fused-ring (bicyclic) bond motifs is 1. The molecule has 3 aromatic rings. The monoisotopic (exact) mass is 559 g/mol. The first-order chi connectivity index (χ1) is 18.3. The number of benzene rings is 2. The number of rotatable bonds is 8. The van der Waals surface area contributed by atoms with Crippen LogP contribution in [0.2, 0.25) is 0 Å². The summed E-state index contributed by atoms with van der Waals surface area (Å²) >= 11 is 5.61. The first-order valence-electron chi connectivity index (χ1n) is 11.8. The third-order valence-corrected chi connectivity index (χ3v) is 6.43. The molecule has 39 heavy (non-hydrogen) atoms. The minimum absolute atomic E-state index is 0.0361. The predicted octanol–water partition coefficient (Wildman–Crippen LogP) is 4.44. The standard InChI is InChI=1S/C26H24F3N5O4S/c1-5-37-23-31-20-17(21(32-23)38-9-8-35)10-16(12-19(20)27)34-24(39)33(22(36)25(34,2)3)15-7-6-14(13-30)18(11-15)26(4,28)29/h6-7,10-12,35H,5,8-9H2,1-4H3. The van der Waals surface area contributed by atoms with Gasteiger partial charge in [0.1, 0.15) is 17.7 Å². The zero-order valence-corrected chi connectivity index (χ0v) is 22.3. The molecular formula is C26H24F3N5O4S. The van der Waals surface area contributed by atoms with Crippen molar-refractivity contribution in [3.63, 3.8) is 0 Å². The molecule has 2 aromatic carbocycles. The van der Waals surface area contributed by atoms with Gasteiger partial charge in [0, 0.05) is 18.2 Å². The zero-order valence-electron chi connectivity index (χ0n) is 21.5. The summed E-state index contributed by atoms with van der Waals surface area (Å²) in [7, 11) is 0. The minimum atomic E-state index is -3.35. The van der Waals surface area contributed by atoms with Gasteiger partial charge in [-0.2, -0.15) is 15.2 Å². The van der Waals surface area contributed by atoms with Crippen molar-refractivity contribution in [3.8, 4) is 18.0 Å². The van der Waals surface area contributed by atoms with Crippen molar-refractivity contribution in [1.29, 1.82) is 5.26 Å². The molecule has 1 aliphatic rings. The van der Waals surface area contributed by atoms with Gasteiger partial charge in [-0.05, 0) is 63.3 Å². The van der Waals surface area contributed by atoms with Crippen molar-refractivity contribution in [1.82, 2.24) is 9.97 Å². The van der Waals surface area contributed by atoms with Gasteiger partial charge in [0.05, 0.1) is 35.9 Å². The quantitative estimate of drug-likeness (QED) is 0.401. The van der Waals surface area contributed by atoms with E-state index in [2.05, 4.69) is 9.97 Å². The molecule has 1 N–H and O–H groups in total. The summed E-state index contributed by atoms with van der Waals surface area (Å²) in [6.07, 6.45) is 0. The molecule has 4 rings (SSSR count). The highest BCUT2D eigenvalue weighted by molar-refractivity contribution is 7.81. The first kappa shape index (κ1) is 28.0. The molecule has 1 fully saturated rings. The van der Waals surface area contributed by atoms with Crippen LogP contribution in [0.5, 0.6) is 11.9 Å². The number of amides is 1. The van der Waals surface area contributed by atoms with E-state index in [-0.39, 0.29) is 64.7 Å². The molecule has 204 valence electrons. The lowest BCUT2D eigenvalue weighted by atomic mass is 10.0. The number of thiocarbonyl (C=S) groups is 1. The second kappa shape index (κ2) is 10.3. The number of aliphatic hydroxyl groups excluding tert-OH is 1. The number of halogens is 3. The Kier molecular flexibility index (Phi) is 7.38. The zero-order chi connectivity index (χ0) is 28.7. The fourth-order valence-electron chi connectivity index (χ4n) is 4.29. The molecule has 1 aromatic heterocycles. The van der Waals surface area contributed by atoms with Crippen molar-refractivity contribution < 1.29 is 32.5 Å². The fourth-order valence-corrected chi connectivity index (χ4v) is 4.81. The van der Waals surface area contributed by atoms with Crippen LogP contribution in [0, 0.1) is 17.1 Å². The van der Waals surface area contributed by atoms with Gasteiger partial charge in [-0.1, -0.05) is 0 Å². The van der Waals surface area contributed by atoms with E-state index in [0.717, 1.165) is 17.0 Å². The summed E-state index contributed by atoms with van der Waals surface area (Å²) in [6, 6.07) is 7.82. The molecular weight excluding hydrogens is 535 g/mol. The number of alkyl halides is 2. The third kappa shape index (κ3) is 4.93. The van der Waals surface area contributed by atoms with Crippen molar-refractivity contribution in [3.05, 3.63) is 47.3 Å². The number of aliphatic hydroxyl groups is 1. The number of aromatic nitrogens is 2. The van der Waals surface area contributed by atoms with Gasteiger partial charge in [0.25, 0.3) is 11.8 Å². The molecule has 1 saturated heterocycles. The van der Waals surface area contributed by atoms with E-state index < -0.39 is 28.7 Å². The number of carbonyl (C=O) groups is 1. The normalized spacial score (nSPS) is 15.2. The molecule has 9 nitrogen and oxygen atoms in total. The third-order valence-electron chi connectivity index (χ3n) is 6.07. The van der Waals surface area contributed by atoms with Crippen LogP contribution >= 0.6 is 12.2 Å². The van der Waals surface area contributed by atoms with Crippen LogP contribution in [0.25, 0.3) is 10.9 Å². The Balaban J connectivity index is 1.86. The predicted molar refractivity (Wildman–Crippen MR) is 141 cm³/mol. The number of nitriles is 1. The second-order valence-electron chi connectivity index (χ2n) is 9.19. The molecule has 2 heterocycles. The van der Waals surface area contributed by atoms with Crippen molar-refractivity contribution in [2.24, 2.45) is 0 Å². The summed E-state index contributed by atoms with van der Waals surface area (Å²) in [5.74, 6) is -4.74. The Morgan fingerprint density at radius 3 is 2.51 bits per heavy atom. The summed E-state index contributed by atoms with van der Waals surface area (Å²) in [6.45, 7) is 5.24. The van der Waals surface area contributed by atoms with Crippen LogP contribution in [0.3, 0.4) is 0 Å². The number of hydrogen-bond acceptors (Lipinski definition) is 8. The Morgan fingerprint density at radius 2 is 1.90 bits per heavy atom. The van der Waals surface area contributed by atoms with Gasteiger partial charge in [-0.3, -0.25) is 9.69 Å². The average molecular weight is 560 g/mol. The summed E-state index contributed by atoms with van der Waals surface area (Å²) in [5, 5.41) is 18.5. The smallest absolute Gasteiger partial charge is 0.320 e. The van der Waals surface area contributed by atoms with Gasteiger partial charge < -0.3 is 19.5 Å². The second-order valence-corrected chi connectivity index (χ2v) is 9.55. The molecule has 13 heteroatoms. The molecule has 1 amide bonds. The molecule has 0 atom stereocenters. The maximum Gasteiger partial charge on any atom is 0.320 e. The topological polar surface area (TPSA) is 112 Å². The van der Waals surface area contributed by atoms with Crippen LogP contribution in [-0.2, 0) is 10.7 Å². The lowest BCUT2D eigenvalue weighted by molar-refractivity contribution is -0.120. The number of ether oxygens (including phenoxy) is 2. The average Bonchev–Trinajstić information content (AvgIpc) is 3.05. The van der Waals surface area contributed by atoms with Crippen molar-refractivity contribution >= 4 is 45.5 Å². The lowest BCUT2D eigenvalue weighted by Gasteiger charge is -2.29. The Hall–Kier alpha value is -4.02. The van der Waals surface area contributed by atoms with E-state index in [1.165, 1.54) is 23.1 Å². The SMILES string of the molecule is CCOc1nc(OCCO)c2cc(N3C(=S)N(c4ccc(C#N)c(C(C)(F)F)c4)C(=O)C3(C)C)cc(F)c2n1. The van der Waals surface area contributed by atoms with Gasteiger partial charge >= 0.3 is 6.01 Å². The van der Waals surface area contributed by atoms with Crippen LogP contribution in [0.1, 0.15) is 38.8 Å². The van der Waals surface area contributed by atoms with Crippen molar-refractivity contribution in [2.45, 2.75) is 39.2 Å². The van der Waals surface area contributed by atoms with E-state index >= 15 is 4.39 Å². The number of nitrogens with zero attached hydrogens (tertiary/aromatic N) is 5. The molecule has 0 aliphatic carbocycles. The Labute approximate surface area is 227 Å². The molecule has 0 bridgehead atoms. The van der Waals surface area contributed by atoms with Gasteiger partial charge in [-0.15, -0.1) is 0 Å². The highest BCUT2D eigenvalue weighted by Gasteiger charge is 2.50. The number of carbonyl (C=O) groups excluding carboxylic acids is 1. The van der Waals surface area contributed by atoms with Crippen LogP contribution in [0.15, 0.2) is 30.3 Å². The number of hydrogen-bond donors (Lipinski definition) is 1. The van der Waals surface area contributed by atoms with E-state index in [9.17, 15) is 23.9 Å². The highest BCUT2D eigenvalue weighted by Crippen LogP contribution is 2.41. The van der Waals surface area contributed by atoms with E-state index in [1.54, 1.807) is 26.8 Å². The van der Waals surface area contributed by atoms with Crippen molar-refractivity contribution in [2.75, 3.05) is 29.6 Å². The molecule has 0 unspecified atom stereocenters. The van der Waals surface area contributed by atoms with Gasteiger partial charge in [0.2, 0.25) is 5.88 Å². The summed E-state index contributed by atoms with van der Waals surface area (Å²) < 4.78 is 54.8. The maximum atomic E-state index is 15.5. The minimum Gasteiger partial charge on any atom is -0.475 e. The van der Waals surface area contributed by atoms with Gasteiger partial charge in [0.15, 0.2) is 10.9 Å². The lowest BCUT2D eigenvalue weighted by Crippen LogP contribution is -2.44. The fraction of sp³-hybridized carbons (Fsp3) is 0.346. The highest BCUT2D eigenvalue weighted by atomic mass is 32.1. The van der Waals surface area contributed by atoms with Gasteiger partial charge in [-0.25, -0.2) is 13.2 Å². The van der Waals surface area contributed by atoms with Crippen LogP contribution in [0.4, 0.5) is 24.5 Å². The first-order valence-corrected chi connectivity index (χ1v) is 12.2. The van der Waals surface area contributed by atoms with E-state index in [4.69, 9.17) is 21.7 Å². The largest absolute Gasteiger partial charge is 0.475 e. The van der Waals surface area contributed by atoms with Crippen LogP contribution < -0.4 is 19.3 Å². The Bertz CT molecular complexity index is 1520. The summed E-state index contributed by atoms with van der Waals surface area (Å²) in [4.78, 5) is 24.3. The molecule has 1 aliphatic heterocycles. The molecule has 0 radical (unpaired) electrons. The van der Waals surface area contributed by atoms with E-state index in [0.29, 0.717) is 6.92 Å². The Morgan fingerprint density at radius 1 is 1.18 bits per heavy atom. The number of anilines is 2. The van der Waals surface area contributed by atoms with E-state index in [1.807, 2.05) is 0 Å². The summed E-state index contributed by atoms with van der Waals surface area (Å²) in [5.41, 5.74) is -2.08. The maximum absolute atomic E-state index is 15.5.